The highest BCUT2D eigenvalue weighted by Crippen LogP contribution is 2.30. The molecule has 0 fully saturated rings. The van der Waals surface area contributed by atoms with Crippen molar-refractivity contribution < 1.29 is 4.74 Å². The number of methoxy groups -OCH3 is 1. The van der Waals surface area contributed by atoms with E-state index in [0.29, 0.717) is 11.3 Å². The van der Waals surface area contributed by atoms with Crippen LogP contribution in [0, 0.1) is 11.3 Å². The summed E-state index contributed by atoms with van der Waals surface area (Å²) in [5.74, 6) is 0.662. The molecular formula is C10H23NO. The van der Waals surface area contributed by atoms with Crippen LogP contribution in [0.2, 0.25) is 0 Å². The molecule has 74 valence electrons. The van der Waals surface area contributed by atoms with Crippen LogP contribution in [-0.2, 0) is 4.74 Å². The van der Waals surface area contributed by atoms with Gasteiger partial charge in [-0.05, 0) is 19.4 Å². The van der Waals surface area contributed by atoms with E-state index in [1.165, 1.54) is 6.42 Å². The molecule has 0 radical (unpaired) electrons. The Bertz CT molecular complexity index is 106. The molecule has 1 unspecified atom stereocenters. The average Bonchev–Trinajstić information content (AvgIpc) is 2.03. The van der Waals surface area contributed by atoms with E-state index in [1.54, 1.807) is 7.11 Å². The van der Waals surface area contributed by atoms with Crippen LogP contribution in [0.15, 0.2) is 0 Å². The van der Waals surface area contributed by atoms with Gasteiger partial charge in [0.05, 0.1) is 6.61 Å². The third-order valence-electron chi connectivity index (χ3n) is 2.89. The summed E-state index contributed by atoms with van der Waals surface area (Å²) >= 11 is 0. The summed E-state index contributed by atoms with van der Waals surface area (Å²) in [6.07, 6.45) is 1.17. The first-order valence-electron chi connectivity index (χ1n) is 4.76. The molecule has 0 heterocycles. The molecule has 2 nitrogen and oxygen atoms in total. The molecule has 2 heteroatoms. The first-order chi connectivity index (χ1) is 5.63. The van der Waals surface area contributed by atoms with Crippen molar-refractivity contribution in [1.29, 1.82) is 0 Å². The fourth-order valence-corrected chi connectivity index (χ4v) is 1.70. The number of hydrogen-bond acceptors (Lipinski definition) is 2. The van der Waals surface area contributed by atoms with Crippen LogP contribution >= 0.6 is 0 Å². The zero-order valence-corrected chi connectivity index (χ0v) is 9.11. The highest BCUT2D eigenvalue weighted by atomic mass is 16.5. The molecular weight excluding hydrogens is 150 g/mol. The first-order valence-corrected chi connectivity index (χ1v) is 4.76. The van der Waals surface area contributed by atoms with Crippen LogP contribution in [0.1, 0.15) is 27.2 Å². The first kappa shape index (κ1) is 11.9. The van der Waals surface area contributed by atoms with Crippen LogP contribution in [0.25, 0.3) is 0 Å². The van der Waals surface area contributed by atoms with Crippen LogP contribution in [0.4, 0.5) is 0 Å². The Morgan fingerprint density at radius 1 is 1.42 bits per heavy atom. The Labute approximate surface area is 76.7 Å². The maximum atomic E-state index is 5.27. The van der Waals surface area contributed by atoms with Gasteiger partial charge in [-0.15, -0.1) is 0 Å². The molecule has 0 aromatic rings. The fraction of sp³-hybridized carbons (Fsp3) is 1.00. The summed E-state index contributed by atoms with van der Waals surface area (Å²) in [7, 11) is 3.78. The highest BCUT2D eigenvalue weighted by Gasteiger charge is 2.30. The lowest BCUT2D eigenvalue weighted by atomic mass is 9.75. The molecule has 12 heavy (non-hydrogen) atoms. The highest BCUT2D eigenvalue weighted by molar-refractivity contribution is 4.82. The molecule has 0 spiro atoms. The Morgan fingerprint density at radius 2 is 2.00 bits per heavy atom. The predicted molar refractivity (Wildman–Crippen MR) is 53.4 cm³/mol. The van der Waals surface area contributed by atoms with E-state index in [9.17, 15) is 0 Å². The molecule has 1 N–H and O–H groups in total. The lowest BCUT2D eigenvalue weighted by Crippen LogP contribution is -2.40. The van der Waals surface area contributed by atoms with E-state index in [1.807, 2.05) is 7.05 Å². The molecule has 0 aliphatic rings. The summed E-state index contributed by atoms with van der Waals surface area (Å²) in [4.78, 5) is 0. The summed E-state index contributed by atoms with van der Waals surface area (Å²) < 4.78 is 5.27. The molecule has 0 saturated heterocycles. The van der Waals surface area contributed by atoms with Gasteiger partial charge in [0.1, 0.15) is 0 Å². The van der Waals surface area contributed by atoms with E-state index in [4.69, 9.17) is 4.74 Å². The van der Waals surface area contributed by atoms with E-state index < -0.39 is 0 Å². The second-order valence-electron chi connectivity index (χ2n) is 3.83. The topological polar surface area (TPSA) is 21.3 Å². The zero-order valence-electron chi connectivity index (χ0n) is 9.11. The van der Waals surface area contributed by atoms with Crippen LogP contribution < -0.4 is 5.32 Å². The Balaban J connectivity index is 4.28. The van der Waals surface area contributed by atoms with Gasteiger partial charge in [0, 0.05) is 19.1 Å². The van der Waals surface area contributed by atoms with Crippen molar-refractivity contribution in [2.45, 2.75) is 27.2 Å². The summed E-state index contributed by atoms with van der Waals surface area (Å²) in [6, 6.07) is 0. The van der Waals surface area contributed by atoms with E-state index in [2.05, 4.69) is 26.1 Å². The van der Waals surface area contributed by atoms with E-state index in [0.717, 1.165) is 13.2 Å². The van der Waals surface area contributed by atoms with E-state index >= 15 is 0 Å². The SMILES string of the molecule is CCC(CNC)(COC)C(C)C. The predicted octanol–water partition coefficient (Wildman–Crippen LogP) is 1.90. The van der Waals surface area contributed by atoms with Crippen LogP contribution in [-0.4, -0.2) is 27.3 Å². The molecule has 0 saturated carbocycles. The van der Waals surface area contributed by atoms with Gasteiger partial charge in [0.15, 0.2) is 0 Å². The maximum absolute atomic E-state index is 5.27. The minimum absolute atomic E-state index is 0.309. The summed E-state index contributed by atoms with van der Waals surface area (Å²) in [6.45, 7) is 8.65. The molecule has 0 aliphatic heterocycles. The molecule has 0 bridgehead atoms. The third kappa shape index (κ3) is 2.76. The zero-order chi connectivity index (χ0) is 9.61. The quantitative estimate of drug-likeness (QED) is 0.662. The molecule has 0 aromatic carbocycles. The second kappa shape index (κ2) is 5.55. The van der Waals surface area contributed by atoms with Gasteiger partial charge >= 0.3 is 0 Å². The second-order valence-corrected chi connectivity index (χ2v) is 3.83. The normalized spacial score (nSPS) is 16.5. The number of rotatable bonds is 6. The number of hydrogen-bond donors (Lipinski definition) is 1. The smallest absolute Gasteiger partial charge is 0.0533 e. The number of ether oxygens (including phenoxy) is 1. The molecule has 1 atom stereocenters. The van der Waals surface area contributed by atoms with Crippen molar-refractivity contribution in [3.05, 3.63) is 0 Å². The van der Waals surface area contributed by atoms with Crippen molar-refractivity contribution in [2.24, 2.45) is 11.3 Å². The molecule has 0 aromatic heterocycles. The maximum Gasteiger partial charge on any atom is 0.0533 e. The monoisotopic (exact) mass is 173 g/mol. The molecule has 0 amide bonds. The fourth-order valence-electron chi connectivity index (χ4n) is 1.70. The molecule has 0 rings (SSSR count). The standard InChI is InChI=1S/C10H23NO/c1-6-10(7-11-4,8-12-5)9(2)3/h9,11H,6-8H2,1-5H3. The van der Waals surface area contributed by atoms with E-state index in [-0.39, 0.29) is 0 Å². The van der Waals surface area contributed by atoms with Gasteiger partial charge < -0.3 is 10.1 Å². The largest absolute Gasteiger partial charge is 0.384 e. The van der Waals surface area contributed by atoms with Crippen molar-refractivity contribution in [3.63, 3.8) is 0 Å². The Kier molecular flexibility index (Phi) is 5.51. The van der Waals surface area contributed by atoms with Gasteiger partial charge in [-0.1, -0.05) is 20.8 Å². The third-order valence-corrected chi connectivity index (χ3v) is 2.89. The average molecular weight is 173 g/mol. The lowest BCUT2D eigenvalue weighted by molar-refractivity contribution is 0.0407. The van der Waals surface area contributed by atoms with Crippen LogP contribution in [0.5, 0.6) is 0 Å². The van der Waals surface area contributed by atoms with Gasteiger partial charge in [0.25, 0.3) is 0 Å². The minimum atomic E-state index is 0.309. The van der Waals surface area contributed by atoms with Gasteiger partial charge in [-0.3, -0.25) is 0 Å². The molecule has 0 aliphatic carbocycles. The summed E-state index contributed by atoms with van der Waals surface area (Å²) in [5, 5.41) is 3.25. The van der Waals surface area contributed by atoms with Gasteiger partial charge in [-0.25, -0.2) is 0 Å². The van der Waals surface area contributed by atoms with Crippen LogP contribution in [0.3, 0.4) is 0 Å². The van der Waals surface area contributed by atoms with Crippen molar-refractivity contribution in [2.75, 3.05) is 27.3 Å². The number of nitrogens with one attached hydrogen (secondary N) is 1. The van der Waals surface area contributed by atoms with Gasteiger partial charge in [-0.2, -0.15) is 0 Å². The van der Waals surface area contributed by atoms with Crippen molar-refractivity contribution in [1.82, 2.24) is 5.32 Å². The Hall–Kier alpha value is -0.0800. The minimum Gasteiger partial charge on any atom is -0.384 e. The Morgan fingerprint density at radius 3 is 2.25 bits per heavy atom. The summed E-state index contributed by atoms with van der Waals surface area (Å²) in [5.41, 5.74) is 0.309. The van der Waals surface area contributed by atoms with Crippen molar-refractivity contribution >= 4 is 0 Å². The van der Waals surface area contributed by atoms with Crippen molar-refractivity contribution in [3.8, 4) is 0 Å². The lowest BCUT2D eigenvalue weighted by Gasteiger charge is -2.36. The van der Waals surface area contributed by atoms with Gasteiger partial charge in [0.2, 0.25) is 0 Å².